The zero-order valence-electron chi connectivity index (χ0n) is 18.4. The fourth-order valence-electron chi connectivity index (χ4n) is 4.02. The first-order valence-electron chi connectivity index (χ1n) is 10.5. The minimum Gasteiger partial charge on any atom is -0.496 e. The van der Waals surface area contributed by atoms with Gasteiger partial charge in [0.1, 0.15) is 11.4 Å². The smallest absolute Gasteiger partial charge is 0.490 e. The van der Waals surface area contributed by atoms with Gasteiger partial charge in [0.2, 0.25) is 0 Å². The molecule has 34 heavy (non-hydrogen) atoms. The van der Waals surface area contributed by atoms with Crippen molar-refractivity contribution in [3.63, 3.8) is 0 Å². The summed E-state index contributed by atoms with van der Waals surface area (Å²) in [4.78, 5) is 31.5. The molecule has 3 heterocycles. The lowest BCUT2D eigenvalue weighted by atomic mass is 9.93. The number of carbonyl (C=O) groups is 2. The second kappa shape index (κ2) is 11.3. The number of nitrogens with zero attached hydrogens (tertiary/aromatic N) is 3. The molecule has 4 rings (SSSR count). The Morgan fingerprint density at radius 1 is 1.26 bits per heavy atom. The van der Waals surface area contributed by atoms with Gasteiger partial charge in [0.25, 0.3) is 5.91 Å². The van der Waals surface area contributed by atoms with Crippen LogP contribution >= 0.6 is 0 Å². The van der Waals surface area contributed by atoms with Crippen LogP contribution in [0.25, 0.3) is 0 Å². The van der Waals surface area contributed by atoms with Gasteiger partial charge in [-0.15, -0.1) is 0 Å². The number of nitrogens with one attached hydrogen (secondary N) is 1. The van der Waals surface area contributed by atoms with Gasteiger partial charge in [0.05, 0.1) is 26.0 Å². The first-order valence-corrected chi connectivity index (χ1v) is 10.5. The third-order valence-electron chi connectivity index (χ3n) is 5.66. The fourth-order valence-corrected chi connectivity index (χ4v) is 4.02. The van der Waals surface area contributed by atoms with E-state index < -0.39 is 12.1 Å². The zero-order chi connectivity index (χ0) is 24.7. The number of fused-ring (bicyclic) bond motifs is 1. The maximum atomic E-state index is 12.2. The van der Waals surface area contributed by atoms with E-state index in [9.17, 15) is 18.0 Å². The Bertz CT molecular complexity index is 977. The normalized spacial score (nSPS) is 21.8. The van der Waals surface area contributed by atoms with E-state index >= 15 is 0 Å². The Hall–Kier alpha value is -3.25. The molecule has 0 saturated carbocycles. The lowest BCUT2D eigenvalue weighted by Crippen LogP contribution is -2.34. The summed E-state index contributed by atoms with van der Waals surface area (Å²) in [6.07, 6.45) is -0.288. The summed E-state index contributed by atoms with van der Waals surface area (Å²) in [5.74, 6) is -1.27. The van der Waals surface area contributed by atoms with E-state index in [0.29, 0.717) is 30.7 Å². The van der Waals surface area contributed by atoms with Gasteiger partial charge >= 0.3 is 12.1 Å². The summed E-state index contributed by atoms with van der Waals surface area (Å²) in [5.41, 5.74) is 1.53. The van der Waals surface area contributed by atoms with E-state index in [1.807, 2.05) is 18.2 Å². The van der Waals surface area contributed by atoms with Crippen molar-refractivity contribution in [2.75, 3.05) is 33.4 Å². The standard InChI is InChI=1S/C20H24N4O3.C2HF3O2/c1-26-18-5-3-2-4-14(18)10-24-11-16-15(13-27-19(16)12-24)8-23-20(25)17-9-21-6-7-22-17;3-2(4,5)1(6)7/h2-7,9,15-16,19H,8,10-13H2,1H3,(H,23,25);(H,6,7)/t15-,16-,19-;/m1./s1. The van der Waals surface area contributed by atoms with Gasteiger partial charge in [-0.05, 0) is 6.07 Å². The molecule has 2 aromatic rings. The molecule has 1 aromatic heterocycles. The highest BCUT2D eigenvalue weighted by atomic mass is 19.4. The summed E-state index contributed by atoms with van der Waals surface area (Å²) in [6, 6.07) is 8.12. The number of carboxylic acid groups (broad SMARTS) is 1. The van der Waals surface area contributed by atoms with Gasteiger partial charge in [0.15, 0.2) is 0 Å². The molecular weight excluding hydrogens is 457 g/mol. The minimum absolute atomic E-state index is 0.185. The van der Waals surface area contributed by atoms with E-state index in [4.69, 9.17) is 19.4 Å². The minimum atomic E-state index is -5.08. The van der Waals surface area contributed by atoms with Crippen molar-refractivity contribution in [1.29, 1.82) is 0 Å². The maximum Gasteiger partial charge on any atom is 0.490 e. The second-order valence-corrected chi connectivity index (χ2v) is 7.91. The number of ether oxygens (including phenoxy) is 2. The first kappa shape index (κ1) is 25.4. The van der Waals surface area contributed by atoms with E-state index in [-0.39, 0.29) is 12.0 Å². The molecule has 2 saturated heterocycles. The van der Waals surface area contributed by atoms with Crippen molar-refractivity contribution in [3.8, 4) is 5.75 Å². The van der Waals surface area contributed by atoms with Crippen LogP contribution in [0, 0.1) is 11.8 Å². The van der Waals surface area contributed by atoms with Crippen molar-refractivity contribution in [2.24, 2.45) is 11.8 Å². The number of alkyl halides is 3. The third-order valence-corrected chi connectivity index (χ3v) is 5.66. The average molecular weight is 482 g/mol. The van der Waals surface area contributed by atoms with Crippen LogP contribution in [0.15, 0.2) is 42.9 Å². The number of carbonyl (C=O) groups excluding carboxylic acids is 1. The quantitative estimate of drug-likeness (QED) is 0.643. The molecule has 1 aromatic carbocycles. The van der Waals surface area contributed by atoms with Gasteiger partial charge < -0.3 is 19.9 Å². The predicted octanol–water partition coefficient (Wildman–Crippen LogP) is 2.00. The summed E-state index contributed by atoms with van der Waals surface area (Å²) >= 11 is 0. The summed E-state index contributed by atoms with van der Waals surface area (Å²) in [6.45, 7) is 4.02. The second-order valence-electron chi connectivity index (χ2n) is 7.91. The molecule has 0 spiro atoms. The number of hydrogen-bond donors (Lipinski definition) is 2. The summed E-state index contributed by atoms with van der Waals surface area (Å²) < 4.78 is 43.2. The van der Waals surface area contributed by atoms with E-state index in [1.54, 1.807) is 13.3 Å². The van der Waals surface area contributed by atoms with Crippen molar-refractivity contribution < 1.29 is 37.3 Å². The Kier molecular flexibility index (Phi) is 8.40. The molecule has 2 N–H and O–H groups in total. The van der Waals surface area contributed by atoms with E-state index in [1.165, 1.54) is 18.0 Å². The van der Waals surface area contributed by atoms with Gasteiger partial charge in [-0.2, -0.15) is 13.2 Å². The molecule has 2 fully saturated rings. The third kappa shape index (κ3) is 6.64. The molecule has 12 heteroatoms. The van der Waals surface area contributed by atoms with Crippen molar-refractivity contribution >= 4 is 11.9 Å². The maximum absolute atomic E-state index is 12.2. The molecule has 1 amide bonds. The fraction of sp³-hybridized carbons (Fsp3) is 0.455. The molecule has 2 aliphatic heterocycles. The number of amides is 1. The SMILES string of the molecule is COc1ccccc1CN1C[C@@H]2[C@H](CNC(=O)c3cnccn3)CO[C@@H]2C1.O=C(O)C(F)(F)F. The largest absolute Gasteiger partial charge is 0.496 e. The number of hydrogen-bond acceptors (Lipinski definition) is 7. The molecule has 184 valence electrons. The van der Waals surface area contributed by atoms with Gasteiger partial charge in [0, 0.05) is 56.0 Å². The van der Waals surface area contributed by atoms with E-state index in [2.05, 4.69) is 26.3 Å². The van der Waals surface area contributed by atoms with Gasteiger partial charge in [-0.25, -0.2) is 9.78 Å². The Balaban J connectivity index is 0.000000406. The average Bonchev–Trinajstić information content (AvgIpc) is 3.38. The molecule has 3 atom stereocenters. The summed E-state index contributed by atoms with van der Waals surface area (Å²) in [7, 11) is 1.70. The summed E-state index contributed by atoms with van der Waals surface area (Å²) in [5, 5.41) is 10.1. The highest BCUT2D eigenvalue weighted by Crippen LogP contribution is 2.34. The number of aromatic nitrogens is 2. The monoisotopic (exact) mass is 482 g/mol. The van der Waals surface area contributed by atoms with Crippen LogP contribution in [-0.4, -0.2) is 77.5 Å². The van der Waals surface area contributed by atoms with Crippen LogP contribution in [0.5, 0.6) is 5.75 Å². The highest BCUT2D eigenvalue weighted by molar-refractivity contribution is 5.91. The molecule has 0 bridgehead atoms. The number of likely N-dealkylation sites (tertiary alicyclic amines) is 1. The van der Waals surface area contributed by atoms with Crippen LogP contribution in [0.4, 0.5) is 13.2 Å². The molecule has 0 radical (unpaired) electrons. The Morgan fingerprint density at radius 2 is 2.00 bits per heavy atom. The number of para-hydroxylation sites is 1. The number of rotatable bonds is 6. The number of benzene rings is 1. The number of carboxylic acids is 1. The van der Waals surface area contributed by atoms with Gasteiger partial charge in [-0.3, -0.25) is 14.7 Å². The molecule has 9 nitrogen and oxygen atoms in total. The van der Waals surface area contributed by atoms with Crippen LogP contribution in [0.3, 0.4) is 0 Å². The molecule has 2 aliphatic rings. The zero-order valence-corrected chi connectivity index (χ0v) is 18.4. The van der Waals surface area contributed by atoms with Crippen LogP contribution < -0.4 is 10.1 Å². The van der Waals surface area contributed by atoms with Crippen molar-refractivity contribution in [1.82, 2.24) is 20.2 Å². The van der Waals surface area contributed by atoms with E-state index in [0.717, 1.165) is 25.4 Å². The topological polar surface area (TPSA) is 114 Å². The number of aliphatic carboxylic acids is 1. The van der Waals surface area contributed by atoms with Crippen LogP contribution in [0.1, 0.15) is 16.1 Å². The number of halogens is 3. The lowest BCUT2D eigenvalue weighted by molar-refractivity contribution is -0.192. The molecule has 0 aliphatic carbocycles. The van der Waals surface area contributed by atoms with Crippen LogP contribution in [0.2, 0.25) is 0 Å². The van der Waals surface area contributed by atoms with Crippen molar-refractivity contribution in [2.45, 2.75) is 18.8 Å². The predicted molar refractivity (Wildman–Crippen MR) is 113 cm³/mol. The van der Waals surface area contributed by atoms with Crippen molar-refractivity contribution in [3.05, 3.63) is 54.1 Å². The highest BCUT2D eigenvalue weighted by Gasteiger charge is 2.43. The first-order chi connectivity index (χ1) is 16.2. The number of methoxy groups -OCH3 is 1. The van der Waals surface area contributed by atoms with Crippen LogP contribution in [-0.2, 0) is 16.1 Å². The molecular formula is C22H25F3N4O5. The lowest BCUT2D eigenvalue weighted by Gasteiger charge is -2.20. The molecule has 0 unspecified atom stereocenters. The van der Waals surface area contributed by atoms with Gasteiger partial charge in [-0.1, -0.05) is 18.2 Å². The Morgan fingerprint density at radius 3 is 2.65 bits per heavy atom. The Labute approximate surface area is 193 Å².